The van der Waals surface area contributed by atoms with Crippen molar-refractivity contribution in [2.75, 3.05) is 16.7 Å². The van der Waals surface area contributed by atoms with E-state index in [4.69, 9.17) is 0 Å². The van der Waals surface area contributed by atoms with Crippen molar-refractivity contribution < 1.29 is 13.2 Å². The van der Waals surface area contributed by atoms with Crippen LogP contribution in [0.25, 0.3) is 0 Å². The molecule has 2 aliphatic carbocycles. The Morgan fingerprint density at radius 1 is 0.963 bits per heavy atom. The largest absolute Gasteiger partial charge is 0.334 e. The van der Waals surface area contributed by atoms with Crippen LogP contribution in [0.4, 0.5) is 16.2 Å². The Hall–Kier alpha value is -2.54. The molecule has 0 spiro atoms. The predicted molar refractivity (Wildman–Crippen MR) is 106 cm³/mol. The standard InChI is InChI=1S/C20H23N3O3S/c1-23(16-9-3-2-4-10-16)27(25,26)22-20(24)21-19-17-11-5-7-14(17)13-15-8-6-12-18(15)19/h2-4,9-10,13H,5-8,11-12H2,1H3,(H2,21,22,24). The average Bonchev–Trinajstić information content (AvgIpc) is 3.30. The maximum Gasteiger partial charge on any atom is 0.334 e. The molecule has 2 amide bonds. The second-order valence-corrected chi connectivity index (χ2v) is 8.80. The van der Waals surface area contributed by atoms with Gasteiger partial charge in [0.25, 0.3) is 0 Å². The quantitative estimate of drug-likeness (QED) is 0.849. The van der Waals surface area contributed by atoms with Crippen molar-refractivity contribution in [3.05, 3.63) is 58.7 Å². The zero-order valence-corrected chi connectivity index (χ0v) is 16.1. The third kappa shape index (κ3) is 3.39. The molecule has 0 saturated heterocycles. The van der Waals surface area contributed by atoms with Crippen molar-refractivity contribution in [3.63, 3.8) is 0 Å². The van der Waals surface area contributed by atoms with Crippen LogP contribution in [0.1, 0.15) is 35.1 Å². The highest BCUT2D eigenvalue weighted by Gasteiger charge is 2.27. The van der Waals surface area contributed by atoms with E-state index < -0.39 is 16.2 Å². The number of carbonyl (C=O) groups is 1. The molecular weight excluding hydrogens is 362 g/mol. The molecule has 0 heterocycles. The summed E-state index contributed by atoms with van der Waals surface area (Å²) >= 11 is 0. The molecule has 0 aromatic heterocycles. The van der Waals surface area contributed by atoms with Gasteiger partial charge in [-0.05, 0) is 72.9 Å². The fraction of sp³-hybridized carbons (Fsp3) is 0.350. The number of carbonyl (C=O) groups excluding carboxylic acids is 1. The highest BCUT2D eigenvalue weighted by atomic mass is 32.2. The maximum absolute atomic E-state index is 12.6. The number of hydrogen-bond donors (Lipinski definition) is 2. The van der Waals surface area contributed by atoms with E-state index in [1.807, 2.05) is 0 Å². The van der Waals surface area contributed by atoms with E-state index in [1.165, 1.54) is 29.3 Å². The summed E-state index contributed by atoms with van der Waals surface area (Å²) in [6.07, 6.45) is 6.04. The van der Waals surface area contributed by atoms with E-state index in [9.17, 15) is 13.2 Å². The summed E-state index contributed by atoms with van der Waals surface area (Å²) in [5.74, 6) is 0. The lowest BCUT2D eigenvalue weighted by atomic mass is 9.99. The molecule has 0 radical (unpaired) electrons. The molecule has 4 rings (SSSR count). The van der Waals surface area contributed by atoms with Gasteiger partial charge in [0.15, 0.2) is 0 Å². The van der Waals surface area contributed by atoms with Gasteiger partial charge in [-0.15, -0.1) is 0 Å². The summed E-state index contributed by atoms with van der Waals surface area (Å²) in [5.41, 5.74) is 6.22. The fourth-order valence-corrected chi connectivity index (χ4v) is 4.89. The summed E-state index contributed by atoms with van der Waals surface area (Å²) in [5, 5.41) is 2.85. The number of urea groups is 1. The minimum atomic E-state index is -3.99. The van der Waals surface area contributed by atoms with Crippen LogP contribution in [0.3, 0.4) is 0 Å². The van der Waals surface area contributed by atoms with Gasteiger partial charge in [0.2, 0.25) is 0 Å². The first kappa shape index (κ1) is 17.9. The molecule has 0 aliphatic heterocycles. The number of fused-ring (bicyclic) bond motifs is 2. The molecule has 27 heavy (non-hydrogen) atoms. The van der Waals surface area contributed by atoms with Crippen LogP contribution >= 0.6 is 0 Å². The first-order chi connectivity index (χ1) is 13.0. The van der Waals surface area contributed by atoms with Gasteiger partial charge >= 0.3 is 16.2 Å². The van der Waals surface area contributed by atoms with Gasteiger partial charge in [0.1, 0.15) is 0 Å². The molecule has 2 aromatic carbocycles. The van der Waals surface area contributed by atoms with Crippen molar-refractivity contribution in [2.45, 2.75) is 38.5 Å². The van der Waals surface area contributed by atoms with Gasteiger partial charge < -0.3 is 5.32 Å². The molecule has 0 atom stereocenters. The summed E-state index contributed by atoms with van der Waals surface area (Å²) in [6, 6.07) is 10.2. The smallest absolute Gasteiger partial charge is 0.307 e. The number of nitrogens with zero attached hydrogens (tertiary/aromatic N) is 1. The fourth-order valence-electron chi connectivity index (χ4n) is 4.07. The first-order valence-electron chi connectivity index (χ1n) is 9.25. The second kappa shape index (κ2) is 6.88. The van der Waals surface area contributed by atoms with Crippen LogP contribution in [0.15, 0.2) is 36.4 Å². The van der Waals surface area contributed by atoms with E-state index in [0.29, 0.717) is 5.69 Å². The minimum Gasteiger partial charge on any atom is -0.307 e. The summed E-state index contributed by atoms with van der Waals surface area (Å²) in [6.45, 7) is 0. The Labute approximate surface area is 159 Å². The van der Waals surface area contributed by atoms with Gasteiger partial charge in [-0.3, -0.25) is 4.31 Å². The summed E-state index contributed by atoms with van der Waals surface area (Å²) in [4.78, 5) is 12.5. The lowest BCUT2D eigenvalue weighted by Crippen LogP contribution is -2.43. The number of benzene rings is 2. The number of rotatable bonds is 4. The molecule has 2 aliphatic rings. The van der Waals surface area contributed by atoms with Crippen molar-refractivity contribution in [1.29, 1.82) is 0 Å². The van der Waals surface area contributed by atoms with E-state index in [1.54, 1.807) is 30.3 Å². The molecule has 142 valence electrons. The third-order valence-electron chi connectivity index (χ3n) is 5.41. The van der Waals surface area contributed by atoms with Gasteiger partial charge in [-0.1, -0.05) is 24.3 Å². The normalized spacial score (nSPS) is 15.1. The Kier molecular flexibility index (Phi) is 4.55. The SMILES string of the molecule is CN(c1ccccc1)S(=O)(=O)NC(=O)Nc1c2c(cc3c1CCC3)CCC2. The summed E-state index contributed by atoms with van der Waals surface area (Å²) in [7, 11) is -2.57. The lowest BCUT2D eigenvalue weighted by molar-refractivity contribution is 0.256. The second-order valence-electron chi connectivity index (χ2n) is 7.10. The van der Waals surface area contributed by atoms with Crippen molar-refractivity contribution in [3.8, 4) is 0 Å². The Balaban J connectivity index is 1.56. The Morgan fingerprint density at radius 3 is 2.15 bits per heavy atom. The van der Waals surface area contributed by atoms with E-state index >= 15 is 0 Å². The zero-order valence-electron chi connectivity index (χ0n) is 15.3. The molecule has 0 unspecified atom stereocenters. The number of amides is 2. The van der Waals surface area contributed by atoms with E-state index in [2.05, 4.69) is 16.1 Å². The van der Waals surface area contributed by atoms with Crippen LogP contribution < -0.4 is 14.3 Å². The number of hydrogen-bond acceptors (Lipinski definition) is 3. The zero-order chi connectivity index (χ0) is 19.0. The lowest BCUT2D eigenvalue weighted by Gasteiger charge is -2.21. The van der Waals surface area contributed by atoms with Crippen LogP contribution in [0.5, 0.6) is 0 Å². The molecule has 6 nitrogen and oxygen atoms in total. The molecule has 0 fully saturated rings. The number of anilines is 2. The highest BCUT2D eigenvalue weighted by molar-refractivity contribution is 7.91. The first-order valence-corrected chi connectivity index (χ1v) is 10.7. The highest BCUT2D eigenvalue weighted by Crippen LogP contribution is 2.38. The third-order valence-corrected chi connectivity index (χ3v) is 6.79. The molecule has 0 bridgehead atoms. The molecular formula is C20H23N3O3S. The van der Waals surface area contributed by atoms with Crippen molar-refractivity contribution in [1.82, 2.24) is 4.72 Å². The van der Waals surface area contributed by atoms with Gasteiger partial charge in [0, 0.05) is 12.7 Å². The number of para-hydroxylation sites is 1. The van der Waals surface area contributed by atoms with Crippen molar-refractivity contribution >= 4 is 27.6 Å². The van der Waals surface area contributed by atoms with Crippen LogP contribution in [0.2, 0.25) is 0 Å². The molecule has 0 saturated carbocycles. The molecule has 2 N–H and O–H groups in total. The number of aryl methyl sites for hydroxylation is 2. The topological polar surface area (TPSA) is 78.5 Å². The maximum atomic E-state index is 12.6. The van der Waals surface area contributed by atoms with Gasteiger partial charge in [0.05, 0.1) is 5.69 Å². The Bertz CT molecular complexity index is 955. The monoisotopic (exact) mass is 385 g/mol. The Morgan fingerprint density at radius 2 is 1.56 bits per heavy atom. The van der Waals surface area contributed by atoms with Gasteiger partial charge in [-0.25, -0.2) is 9.52 Å². The molecule has 7 heteroatoms. The van der Waals surface area contributed by atoms with Crippen LogP contribution in [-0.4, -0.2) is 21.5 Å². The number of nitrogens with one attached hydrogen (secondary N) is 2. The van der Waals surface area contributed by atoms with E-state index in [-0.39, 0.29) is 0 Å². The van der Waals surface area contributed by atoms with Crippen molar-refractivity contribution in [2.24, 2.45) is 0 Å². The predicted octanol–water partition coefficient (Wildman–Crippen LogP) is 3.17. The average molecular weight is 385 g/mol. The van der Waals surface area contributed by atoms with Crippen LogP contribution in [-0.2, 0) is 35.9 Å². The van der Waals surface area contributed by atoms with E-state index in [0.717, 1.165) is 48.5 Å². The molecule has 2 aromatic rings. The summed E-state index contributed by atoms with van der Waals surface area (Å²) < 4.78 is 28.3. The minimum absolute atomic E-state index is 0.485. The van der Waals surface area contributed by atoms with Crippen LogP contribution in [0, 0.1) is 0 Å². The van der Waals surface area contributed by atoms with Gasteiger partial charge in [-0.2, -0.15) is 8.42 Å².